The highest BCUT2D eigenvalue weighted by Gasteiger charge is 2.24. The lowest BCUT2D eigenvalue weighted by atomic mass is 9.85. The first kappa shape index (κ1) is 17.6. The Hall–Kier alpha value is -2.82. The number of hydrogen-bond donors (Lipinski definition) is 2. The second-order valence-electron chi connectivity index (χ2n) is 7.27. The Morgan fingerprint density at radius 1 is 1.26 bits per heavy atom. The fraction of sp³-hybridized carbons (Fsp3) is 0.364. The Bertz CT molecular complexity index is 933. The van der Waals surface area contributed by atoms with Gasteiger partial charge in [0, 0.05) is 40.6 Å². The van der Waals surface area contributed by atoms with Crippen molar-refractivity contribution in [3.05, 3.63) is 59.5 Å². The lowest BCUT2D eigenvalue weighted by Crippen LogP contribution is -2.10. The number of ether oxygens (including phenoxy) is 1. The smallest absolute Gasteiger partial charge is 0.303 e. The van der Waals surface area contributed by atoms with E-state index in [9.17, 15) is 9.90 Å². The third-order valence-corrected chi connectivity index (χ3v) is 5.33. The van der Waals surface area contributed by atoms with Gasteiger partial charge in [-0.3, -0.25) is 9.78 Å². The molecule has 0 fully saturated rings. The molecular formula is C22H24N2O3. The van der Waals surface area contributed by atoms with Gasteiger partial charge >= 0.3 is 5.97 Å². The minimum absolute atomic E-state index is 0.0775. The molecule has 2 heterocycles. The number of carbonyl (C=O) groups is 1. The molecule has 2 aromatic heterocycles. The summed E-state index contributed by atoms with van der Waals surface area (Å²) in [7, 11) is 0. The summed E-state index contributed by atoms with van der Waals surface area (Å²) >= 11 is 0. The van der Waals surface area contributed by atoms with E-state index in [-0.39, 0.29) is 12.3 Å². The Balaban J connectivity index is 1.63. The highest BCUT2D eigenvalue weighted by atomic mass is 16.5. The summed E-state index contributed by atoms with van der Waals surface area (Å²) < 4.78 is 5.92. The number of aromatic amines is 1. The number of H-pyrrole nitrogens is 1. The van der Waals surface area contributed by atoms with E-state index in [2.05, 4.69) is 16.0 Å². The van der Waals surface area contributed by atoms with Gasteiger partial charge in [0.25, 0.3) is 0 Å². The molecule has 27 heavy (non-hydrogen) atoms. The molecule has 0 saturated carbocycles. The normalized spacial score (nSPS) is 17.1. The van der Waals surface area contributed by atoms with Crippen molar-refractivity contribution in [2.24, 2.45) is 0 Å². The summed E-state index contributed by atoms with van der Waals surface area (Å²) in [6, 6.07) is 9.95. The van der Waals surface area contributed by atoms with Crippen molar-refractivity contribution >= 4 is 16.9 Å². The van der Waals surface area contributed by atoms with Gasteiger partial charge in [0.2, 0.25) is 0 Å². The summed E-state index contributed by atoms with van der Waals surface area (Å²) in [6.07, 6.45) is 9.05. The standard InChI is InChI=1S/C22H24N2O3/c25-21(26)11-16-6-2-1-3-7-19-22(16)18-9-8-17(12-20(18)24-19)27-14-15-5-4-10-23-13-15/h4-5,8-10,12-13,16,24H,1-3,6-7,11,14H2,(H,25,26). The summed E-state index contributed by atoms with van der Waals surface area (Å²) in [5.74, 6) is 0.154. The van der Waals surface area contributed by atoms with Gasteiger partial charge in [-0.15, -0.1) is 0 Å². The number of aliphatic carboxylic acids is 1. The van der Waals surface area contributed by atoms with Gasteiger partial charge < -0.3 is 14.8 Å². The number of rotatable bonds is 5. The highest BCUT2D eigenvalue weighted by Crippen LogP contribution is 2.38. The average Bonchev–Trinajstić information content (AvgIpc) is 3.00. The van der Waals surface area contributed by atoms with Gasteiger partial charge in [-0.05, 0) is 48.9 Å². The van der Waals surface area contributed by atoms with Crippen LogP contribution in [0, 0.1) is 0 Å². The van der Waals surface area contributed by atoms with Crippen LogP contribution in [0.5, 0.6) is 5.75 Å². The Kier molecular flexibility index (Phi) is 5.10. The first-order valence-electron chi connectivity index (χ1n) is 9.58. The van der Waals surface area contributed by atoms with E-state index in [1.165, 1.54) is 11.3 Å². The zero-order valence-corrected chi connectivity index (χ0v) is 15.3. The molecule has 3 aromatic rings. The second-order valence-corrected chi connectivity index (χ2v) is 7.27. The Morgan fingerprint density at radius 2 is 2.19 bits per heavy atom. The van der Waals surface area contributed by atoms with E-state index in [0.29, 0.717) is 6.61 Å². The highest BCUT2D eigenvalue weighted by molar-refractivity contribution is 5.87. The first-order valence-corrected chi connectivity index (χ1v) is 9.58. The molecule has 0 radical (unpaired) electrons. The number of hydrogen-bond acceptors (Lipinski definition) is 3. The molecule has 2 N–H and O–H groups in total. The molecular weight excluding hydrogens is 340 g/mol. The summed E-state index contributed by atoms with van der Waals surface area (Å²) in [5, 5.41) is 10.5. The number of aromatic nitrogens is 2. The zero-order valence-electron chi connectivity index (χ0n) is 15.3. The Labute approximate surface area is 158 Å². The van der Waals surface area contributed by atoms with Crippen LogP contribution in [-0.4, -0.2) is 21.0 Å². The quantitative estimate of drug-likeness (QED) is 0.681. The molecule has 1 aliphatic rings. The first-order chi connectivity index (χ1) is 13.2. The molecule has 1 aromatic carbocycles. The molecule has 5 nitrogen and oxygen atoms in total. The van der Waals surface area contributed by atoms with Crippen LogP contribution in [-0.2, 0) is 17.8 Å². The maximum atomic E-state index is 11.4. The summed E-state index contributed by atoms with van der Waals surface area (Å²) in [4.78, 5) is 19.0. The van der Waals surface area contributed by atoms with Crippen molar-refractivity contribution < 1.29 is 14.6 Å². The van der Waals surface area contributed by atoms with Crippen LogP contribution in [0.2, 0.25) is 0 Å². The maximum absolute atomic E-state index is 11.4. The number of carboxylic acids is 1. The molecule has 1 atom stereocenters. The molecule has 1 unspecified atom stereocenters. The Morgan fingerprint density at radius 3 is 3.00 bits per heavy atom. The molecule has 5 heteroatoms. The number of nitrogens with zero attached hydrogens (tertiary/aromatic N) is 1. The minimum atomic E-state index is -0.725. The number of aryl methyl sites for hydroxylation is 1. The number of nitrogens with one attached hydrogen (secondary N) is 1. The maximum Gasteiger partial charge on any atom is 0.303 e. The molecule has 4 rings (SSSR count). The fourth-order valence-electron chi connectivity index (χ4n) is 4.09. The van der Waals surface area contributed by atoms with Crippen molar-refractivity contribution in [3.63, 3.8) is 0 Å². The van der Waals surface area contributed by atoms with Crippen molar-refractivity contribution in [2.75, 3.05) is 0 Å². The van der Waals surface area contributed by atoms with Crippen LogP contribution in [0.15, 0.2) is 42.7 Å². The molecule has 0 bridgehead atoms. The van der Waals surface area contributed by atoms with E-state index in [0.717, 1.165) is 54.3 Å². The minimum Gasteiger partial charge on any atom is -0.489 e. The van der Waals surface area contributed by atoms with Crippen LogP contribution < -0.4 is 4.74 Å². The van der Waals surface area contributed by atoms with Gasteiger partial charge in [-0.1, -0.05) is 18.9 Å². The molecule has 0 aliphatic heterocycles. The van der Waals surface area contributed by atoms with E-state index >= 15 is 0 Å². The molecule has 0 saturated heterocycles. The monoisotopic (exact) mass is 364 g/mol. The average molecular weight is 364 g/mol. The third-order valence-electron chi connectivity index (χ3n) is 5.33. The lowest BCUT2D eigenvalue weighted by molar-refractivity contribution is -0.137. The number of carboxylic acid groups (broad SMARTS) is 1. The molecule has 140 valence electrons. The van der Waals surface area contributed by atoms with E-state index < -0.39 is 5.97 Å². The topological polar surface area (TPSA) is 75.2 Å². The lowest BCUT2D eigenvalue weighted by Gasteiger charge is -2.19. The van der Waals surface area contributed by atoms with Gasteiger partial charge in [0.1, 0.15) is 12.4 Å². The number of benzene rings is 1. The van der Waals surface area contributed by atoms with Crippen LogP contribution in [0.1, 0.15) is 54.8 Å². The number of pyridine rings is 1. The predicted octanol–water partition coefficient (Wildman–Crippen LogP) is 4.82. The van der Waals surface area contributed by atoms with Crippen LogP contribution >= 0.6 is 0 Å². The van der Waals surface area contributed by atoms with Crippen LogP contribution in [0.4, 0.5) is 0 Å². The van der Waals surface area contributed by atoms with Crippen LogP contribution in [0.25, 0.3) is 10.9 Å². The van der Waals surface area contributed by atoms with Gasteiger partial charge in [-0.2, -0.15) is 0 Å². The van der Waals surface area contributed by atoms with Gasteiger partial charge in [-0.25, -0.2) is 0 Å². The van der Waals surface area contributed by atoms with Crippen molar-refractivity contribution in [1.82, 2.24) is 9.97 Å². The van der Waals surface area contributed by atoms with Crippen molar-refractivity contribution in [2.45, 2.75) is 51.0 Å². The van der Waals surface area contributed by atoms with Gasteiger partial charge in [0.15, 0.2) is 0 Å². The fourth-order valence-corrected chi connectivity index (χ4v) is 4.09. The zero-order chi connectivity index (χ0) is 18.6. The van der Waals surface area contributed by atoms with E-state index in [1.807, 2.05) is 24.3 Å². The molecule has 0 amide bonds. The summed E-state index contributed by atoms with van der Waals surface area (Å²) in [5.41, 5.74) is 4.45. The third kappa shape index (κ3) is 3.97. The SMILES string of the molecule is O=C(O)CC1CCCCCc2[nH]c3cc(OCc4cccnc4)ccc3c21. The van der Waals surface area contributed by atoms with E-state index in [1.54, 1.807) is 12.4 Å². The molecule has 1 aliphatic carbocycles. The summed E-state index contributed by atoms with van der Waals surface area (Å²) in [6.45, 7) is 0.474. The van der Waals surface area contributed by atoms with Gasteiger partial charge in [0.05, 0.1) is 6.42 Å². The predicted molar refractivity (Wildman–Crippen MR) is 104 cm³/mol. The van der Waals surface area contributed by atoms with E-state index in [4.69, 9.17) is 4.74 Å². The number of fused-ring (bicyclic) bond motifs is 3. The second kappa shape index (κ2) is 7.82. The van der Waals surface area contributed by atoms with Crippen molar-refractivity contribution in [1.29, 1.82) is 0 Å². The largest absolute Gasteiger partial charge is 0.489 e. The van der Waals surface area contributed by atoms with Crippen LogP contribution in [0.3, 0.4) is 0 Å². The molecule has 0 spiro atoms. The van der Waals surface area contributed by atoms with Crippen molar-refractivity contribution in [3.8, 4) is 5.75 Å².